The first-order valence-electron chi connectivity index (χ1n) is 43.2. The third-order valence-corrected chi connectivity index (χ3v) is 28.3. The van der Waals surface area contributed by atoms with Crippen molar-refractivity contribution in [1.82, 2.24) is 0 Å². The van der Waals surface area contributed by atoms with E-state index in [9.17, 15) is 0 Å². The van der Waals surface area contributed by atoms with E-state index in [1.165, 1.54) is 145 Å². The molecule has 0 N–H and O–H groups in total. The summed E-state index contributed by atoms with van der Waals surface area (Å²) in [6.45, 7) is 14.1. The van der Waals surface area contributed by atoms with Gasteiger partial charge >= 0.3 is 0 Å². The van der Waals surface area contributed by atoms with Gasteiger partial charge in [0, 0.05) is 60.4 Å². The molecule has 0 radical (unpaired) electrons. The predicted octanol–water partition coefficient (Wildman–Crippen LogP) is 31.4. The molecular formula is C119H86N2O2. The molecule has 18 aromatic carbocycles. The van der Waals surface area contributed by atoms with Crippen LogP contribution in [0, 0.1) is 0 Å². The topological polar surface area (TPSA) is 32.8 Å². The highest BCUT2D eigenvalue weighted by molar-refractivity contribution is 6.13. The normalized spacial score (nSPS) is 14.7. The number of rotatable bonds is 11. The molecule has 584 valence electrons. The molecule has 2 aromatic heterocycles. The van der Waals surface area contributed by atoms with E-state index in [-0.39, 0.29) is 16.2 Å². The quantitative estimate of drug-likeness (QED) is 0.129. The van der Waals surface area contributed by atoms with E-state index in [0.29, 0.717) is 0 Å². The van der Waals surface area contributed by atoms with Crippen LogP contribution in [0.4, 0.5) is 34.1 Å². The molecule has 0 aliphatic heterocycles. The standard InChI is InChI=1S/C61H45NO.C58H41NO/c1-59(2)50-24-12-8-19-42(50)46-33-30-40(36-54(46)59)62(41-31-34-47-43-20-9-13-25-51(43)60(3,4)55(47)37-41)56-28-16-23-49-48-32-29-39(35-57(48)63-58(49)56)61(38-17-6-5-7-18-38)52-26-14-10-21-44(52)45-22-11-15-27-53(45)61;1-57(2)48-25-12-11-23-47(48)55-51(57)28-16-29-52(55)59(42-34-31-39(32-35-42)38-17-5-3-6-18-38)53-30-15-24-46-45-36-33-41(37-54(45)60-56(46)53)58(40-19-7-4-8-20-40)49-26-13-9-21-43(49)44-22-10-14-27-50(44)58/h5-37H,1-4H3;3-37H,1-2H3. The van der Waals surface area contributed by atoms with Gasteiger partial charge in [0.05, 0.1) is 27.9 Å². The highest BCUT2D eigenvalue weighted by atomic mass is 16.3. The summed E-state index contributed by atoms with van der Waals surface area (Å²) in [4.78, 5) is 4.87. The molecule has 2 heterocycles. The molecule has 25 rings (SSSR count). The Morgan fingerprint density at radius 1 is 0.195 bits per heavy atom. The zero-order valence-electron chi connectivity index (χ0n) is 69.5. The summed E-state index contributed by atoms with van der Waals surface area (Å²) in [5.41, 5.74) is 41.9. The number of anilines is 6. The monoisotopic (exact) mass is 1570 g/mol. The first-order valence-corrected chi connectivity index (χ1v) is 43.2. The van der Waals surface area contributed by atoms with Crippen molar-refractivity contribution in [3.05, 3.63) is 490 Å². The number of fused-ring (bicyclic) bond motifs is 21. The van der Waals surface area contributed by atoms with Gasteiger partial charge < -0.3 is 18.6 Å². The predicted molar refractivity (Wildman–Crippen MR) is 510 cm³/mol. The maximum Gasteiger partial charge on any atom is 0.159 e. The third kappa shape index (κ3) is 10.4. The lowest BCUT2D eigenvalue weighted by Gasteiger charge is -2.33. The Morgan fingerprint density at radius 2 is 0.512 bits per heavy atom. The number of hydrogen-bond donors (Lipinski definition) is 0. The maximum atomic E-state index is 7.29. The summed E-state index contributed by atoms with van der Waals surface area (Å²) >= 11 is 0. The van der Waals surface area contributed by atoms with Crippen LogP contribution in [0.15, 0.2) is 421 Å². The zero-order chi connectivity index (χ0) is 82.2. The first-order chi connectivity index (χ1) is 60.3. The van der Waals surface area contributed by atoms with Gasteiger partial charge in [-0.05, 0) is 206 Å². The van der Waals surface area contributed by atoms with Crippen LogP contribution in [0.2, 0.25) is 0 Å². The average Bonchev–Trinajstić information content (AvgIpc) is 1.54. The summed E-state index contributed by atoms with van der Waals surface area (Å²) < 4.78 is 14.5. The van der Waals surface area contributed by atoms with Gasteiger partial charge in [-0.1, -0.05) is 387 Å². The molecule has 0 amide bonds. The minimum absolute atomic E-state index is 0.140. The van der Waals surface area contributed by atoms with Crippen LogP contribution in [0.1, 0.15) is 119 Å². The SMILES string of the molecule is CC1(C)c2ccccc2-c2c(N(c3ccc(-c4ccccc4)cc3)c3cccc4c3oc3cc(C5(c6ccccc6)c6ccccc6-c6ccccc65)ccc34)cccc21.CC1(C)c2ccccc2-c2ccc(N(c3ccc4c(c3)C(C)(C)c3ccccc3-4)c3cccc4c3oc3cc(C5(c6ccccc6)c6ccccc6-c6ccccc65)ccc34)cc21. The van der Waals surface area contributed by atoms with Gasteiger partial charge in [0.25, 0.3) is 0 Å². The molecule has 0 bridgehead atoms. The number of para-hydroxylation sites is 2. The number of furan rings is 2. The molecule has 0 saturated heterocycles. The van der Waals surface area contributed by atoms with Gasteiger partial charge in [-0.15, -0.1) is 0 Å². The van der Waals surface area contributed by atoms with Gasteiger partial charge in [0.1, 0.15) is 11.2 Å². The molecule has 4 nitrogen and oxygen atoms in total. The summed E-state index contributed by atoms with van der Waals surface area (Å²) in [6, 6.07) is 152. The second kappa shape index (κ2) is 27.1. The average molecular weight is 1580 g/mol. The Bertz CT molecular complexity index is 7530. The molecule has 0 fully saturated rings. The fourth-order valence-corrected chi connectivity index (χ4v) is 22.7. The summed E-state index contributed by atoms with van der Waals surface area (Å²) in [5, 5.41) is 4.40. The van der Waals surface area contributed by atoms with E-state index >= 15 is 0 Å². The minimum Gasteiger partial charge on any atom is -0.454 e. The fourth-order valence-electron chi connectivity index (χ4n) is 22.7. The maximum absolute atomic E-state index is 7.29. The van der Waals surface area contributed by atoms with Crippen molar-refractivity contribution in [3.63, 3.8) is 0 Å². The smallest absolute Gasteiger partial charge is 0.159 e. The van der Waals surface area contributed by atoms with Crippen LogP contribution in [-0.2, 0) is 27.1 Å². The van der Waals surface area contributed by atoms with Crippen LogP contribution in [0.5, 0.6) is 0 Å². The van der Waals surface area contributed by atoms with E-state index in [2.05, 4.69) is 464 Å². The van der Waals surface area contributed by atoms with E-state index in [1.54, 1.807) is 0 Å². The molecule has 0 atom stereocenters. The Balaban J connectivity index is 0.000000139. The van der Waals surface area contributed by atoms with Gasteiger partial charge in [-0.3, -0.25) is 0 Å². The second-order valence-corrected chi connectivity index (χ2v) is 35.6. The second-order valence-electron chi connectivity index (χ2n) is 35.6. The molecule has 5 aliphatic carbocycles. The highest BCUT2D eigenvalue weighted by Crippen LogP contribution is 2.62. The molecule has 0 unspecified atom stereocenters. The molecule has 0 spiro atoms. The zero-order valence-corrected chi connectivity index (χ0v) is 69.5. The largest absolute Gasteiger partial charge is 0.454 e. The first kappa shape index (κ1) is 72.2. The van der Waals surface area contributed by atoms with Gasteiger partial charge in [0.15, 0.2) is 11.2 Å². The lowest BCUT2D eigenvalue weighted by Crippen LogP contribution is -2.28. The van der Waals surface area contributed by atoms with E-state index < -0.39 is 10.8 Å². The third-order valence-electron chi connectivity index (χ3n) is 28.3. The Kier molecular flexibility index (Phi) is 15.9. The molecule has 123 heavy (non-hydrogen) atoms. The molecular weight excluding hydrogens is 1490 g/mol. The molecule has 0 saturated carbocycles. The summed E-state index contributed by atoms with van der Waals surface area (Å²) in [6.07, 6.45) is 0. The van der Waals surface area contributed by atoms with Crippen molar-refractivity contribution in [2.45, 2.75) is 68.6 Å². The van der Waals surface area contributed by atoms with Crippen molar-refractivity contribution in [2.24, 2.45) is 0 Å². The number of hydrogen-bond acceptors (Lipinski definition) is 4. The van der Waals surface area contributed by atoms with Gasteiger partial charge in [-0.25, -0.2) is 0 Å². The van der Waals surface area contributed by atoms with Crippen molar-refractivity contribution in [1.29, 1.82) is 0 Å². The summed E-state index contributed by atoms with van der Waals surface area (Å²) in [5.74, 6) is 0. The minimum atomic E-state index is -0.514. The Morgan fingerprint density at radius 3 is 0.951 bits per heavy atom. The number of benzene rings is 18. The molecule has 4 heteroatoms. The van der Waals surface area contributed by atoms with Crippen molar-refractivity contribution >= 4 is 78.0 Å². The van der Waals surface area contributed by atoms with Crippen molar-refractivity contribution in [3.8, 4) is 66.8 Å². The van der Waals surface area contributed by atoms with Crippen LogP contribution in [0.25, 0.3) is 111 Å². The van der Waals surface area contributed by atoms with Crippen LogP contribution >= 0.6 is 0 Å². The number of nitrogens with zero attached hydrogens (tertiary/aromatic N) is 2. The van der Waals surface area contributed by atoms with E-state index in [1.807, 2.05) is 0 Å². The highest BCUT2D eigenvalue weighted by Gasteiger charge is 2.49. The van der Waals surface area contributed by atoms with Crippen molar-refractivity contribution < 1.29 is 8.83 Å². The summed E-state index contributed by atoms with van der Waals surface area (Å²) in [7, 11) is 0. The van der Waals surface area contributed by atoms with Gasteiger partial charge in [0.2, 0.25) is 0 Å². The van der Waals surface area contributed by atoms with Crippen LogP contribution < -0.4 is 9.80 Å². The van der Waals surface area contributed by atoms with Crippen LogP contribution in [0.3, 0.4) is 0 Å². The van der Waals surface area contributed by atoms with E-state index in [0.717, 1.165) is 78.0 Å². The van der Waals surface area contributed by atoms with Crippen LogP contribution in [-0.4, -0.2) is 0 Å². The van der Waals surface area contributed by atoms with Crippen molar-refractivity contribution in [2.75, 3.05) is 9.80 Å². The fraction of sp³-hybridized carbons (Fsp3) is 0.0924. The lowest BCUT2D eigenvalue weighted by atomic mass is 9.67. The van der Waals surface area contributed by atoms with Gasteiger partial charge in [-0.2, -0.15) is 0 Å². The lowest BCUT2D eigenvalue weighted by molar-refractivity contribution is 0.659. The Hall–Kier alpha value is -14.8. The molecule has 5 aliphatic rings. The Labute approximate surface area is 717 Å². The van der Waals surface area contributed by atoms with E-state index in [4.69, 9.17) is 8.83 Å². The molecule has 20 aromatic rings.